The summed E-state index contributed by atoms with van der Waals surface area (Å²) < 4.78 is 19.5. The van der Waals surface area contributed by atoms with Crippen LogP contribution in [0.4, 0.5) is 10.1 Å². The van der Waals surface area contributed by atoms with Gasteiger partial charge in [0.1, 0.15) is 18.2 Å². The van der Waals surface area contributed by atoms with Crippen LogP contribution < -0.4 is 15.0 Å². The number of nitrogens with zero attached hydrogens (tertiary/aromatic N) is 1. The lowest BCUT2D eigenvalue weighted by Crippen LogP contribution is -2.34. The van der Waals surface area contributed by atoms with Crippen molar-refractivity contribution in [2.75, 3.05) is 18.0 Å². The maximum Gasteiger partial charge on any atom is 0.227 e. The summed E-state index contributed by atoms with van der Waals surface area (Å²) in [6.07, 6.45) is 0.928. The summed E-state index contributed by atoms with van der Waals surface area (Å²) in [5, 5.41) is 3.24. The van der Waals surface area contributed by atoms with Crippen molar-refractivity contribution in [3.05, 3.63) is 94.8 Å². The van der Waals surface area contributed by atoms with Crippen LogP contribution in [-0.4, -0.2) is 24.9 Å². The van der Waals surface area contributed by atoms with Crippen LogP contribution in [0.2, 0.25) is 5.02 Å². The van der Waals surface area contributed by atoms with Gasteiger partial charge in [-0.05, 0) is 48.4 Å². The van der Waals surface area contributed by atoms with Crippen LogP contribution in [0.5, 0.6) is 5.75 Å². The van der Waals surface area contributed by atoms with Crippen LogP contribution in [0.3, 0.4) is 0 Å². The predicted molar refractivity (Wildman–Crippen MR) is 126 cm³/mol. The average molecular weight is 467 g/mol. The Labute approximate surface area is 197 Å². The highest BCUT2D eigenvalue weighted by atomic mass is 35.5. The number of benzene rings is 3. The van der Waals surface area contributed by atoms with Gasteiger partial charge in [0.05, 0.1) is 10.9 Å². The number of carbonyl (C=O) groups is 2. The molecule has 1 N–H and O–H groups in total. The summed E-state index contributed by atoms with van der Waals surface area (Å²) in [4.78, 5) is 26.7. The van der Waals surface area contributed by atoms with Crippen molar-refractivity contribution in [1.29, 1.82) is 0 Å². The molecule has 1 aliphatic rings. The van der Waals surface area contributed by atoms with E-state index in [0.29, 0.717) is 35.1 Å². The number of carbonyl (C=O) groups excluding carboxylic acids is 2. The maximum atomic E-state index is 13.9. The Morgan fingerprint density at radius 1 is 1.06 bits per heavy atom. The molecule has 170 valence electrons. The molecule has 0 bridgehead atoms. The zero-order valence-electron chi connectivity index (χ0n) is 18.0. The molecule has 1 atom stereocenters. The molecule has 4 rings (SSSR count). The van der Waals surface area contributed by atoms with E-state index in [-0.39, 0.29) is 30.8 Å². The molecule has 3 aromatic rings. The Balaban J connectivity index is 1.30. The topological polar surface area (TPSA) is 58.6 Å². The lowest BCUT2D eigenvalue weighted by Gasteiger charge is -2.17. The maximum absolute atomic E-state index is 13.9. The summed E-state index contributed by atoms with van der Waals surface area (Å²) in [5.41, 5.74) is 2.14. The van der Waals surface area contributed by atoms with Crippen molar-refractivity contribution >= 4 is 29.1 Å². The molecule has 0 radical (unpaired) electrons. The van der Waals surface area contributed by atoms with Gasteiger partial charge in [0.15, 0.2) is 0 Å². The molecule has 1 saturated heterocycles. The molecule has 1 unspecified atom stereocenters. The van der Waals surface area contributed by atoms with Gasteiger partial charge < -0.3 is 15.0 Å². The van der Waals surface area contributed by atoms with Gasteiger partial charge >= 0.3 is 0 Å². The minimum Gasteiger partial charge on any atom is -0.489 e. The van der Waals surface area contributed by atoms with Gasteiger partial charge in [-0.2, -0.15) is 0 Å². The standard InChI is InChI=1S/C26H24ClFN2O3/c27-23-7-4-8-24(28)22(23)17-33-21-11-9-20(10-12-21)30-16-19(15-25(30)31)26(32)29-14-13-18-5-2-1-3-6-18/h1-12,19H,13-17H2,(H,29,32). The molecular weight excluding hydrogens is 443 g/mol. The van der Waals surface area contributed by atoms with Crippen LogP contribution in [-0.2, 0) is 22.6 Å². The van der Waals surface area contributed by atoms with Crippen LogP contribution in [0.15, 0.2) is 72.8 Å². The Kier molecular flexibility index (Phi) is 7.25. The molecule has 0 aromatic heterocycles. The third kappa shape index (κ3) is 5.71. The minimum absolute atomic E-state index is 0.00126. The smallest absolute Gasteiger partial charge is 0.227 e. The molecule has 7 heteroatoms. The highest BCUT2D eigenvalue weighted by Gasteiger charge is 2.34. The first-order valence-corrected chi connectivity index (χ1v) is 11.2. The Bertz CT molecular complexity index is 1100. The van der Waals surface area contributed by atoms with E-state index in [1.54, 1.807) is 41.3 Å². The van der Waals surface area contributed by atoms with Crippen molar-refractivity contribution in [2.45, 2.75) is 19.4 Å². The van der Waals surface area contributed by atoms with E-state index >= 15 is 0 Å². The van der Waals surface area contributed by atoms with Gasteiger partial charge in [0, 0.05) is 30.8 Å². The van der Waals surface area contributed by atoms with E-state index in [1.165, 1.54) is 6.07 Å². The number of hydrogen-bond acceptors (Lipinski definition) is 3. The average Bonchev–Trinajstić information content (AvgIpc) is 3.21. The summed E-state index contributed by atoms with van der Waals surface area (Å²) in [7, 11) is 0. The quantitative estimate of drug-likeness (QED) is 0.520. The first kappa shape index (κ1) is 22.8. The molecule has 1 aliphatic heterocycles. The second-order valence-electron chi connectivity index (χ2n) is 7.91. The number of amides is 2. The van der Waals surface area contributed by atoms with E-state index in [4.69, 9.17) is 16.3 Å². The number of rotatable bonds is 8. The molecule has 0 aliphatic carbocycles. The van der Waals surface area contributed by atoms with Crippen molar-refractivity contribution in [1.82, 2.24) is 5.32 Å². The largest absolute Gasteiger partial charge is 0.489 e. The van der Waals surface area contributed by atoms with Crippen LogP contribution in [0, 0.1) is 11.7 Å². The fraction of sp³-hybridized carbons (Fsp3) is 0.231. The normalized spacial score (nSPS) is 15.5. The Morgan fingerprint density at radius 2 is 1.82 bits per heavy atom. The predicted octanol–water partition coefficient (Wildman–Crippen LogP) is 4.77. The fourth-order valence-electron chi connectivity index (χ4n) is 3.80. The van der Waals surface area contributed by atoms with Crippen molar-refractivity contribution in [3.8, 4) is 5.75 Å². The highest BCUT2D eigenvalue weighted by molar-refractivity contribution is 6.31. The monoisotopic (exact) mass is 466 g/mol. The van der Waals surface area contributed by atoms with Gasteiger partial charge in [0.2, 0.25) is 11.8 Å². The van der Waals surface area contributed by atoms with Crippen molar-refractivity contribution < 1.29 is 18.7 Å². The first-order chi connectivity index (χ1) is 16.0. The molecular formula is C26H24ClFN2O3. The molecule has 5 nitrogen and oxygen atoms in total. The summed E-state index contributed by atoms with van der Waals surface area (Å²) in [5.74, 6) is -0.476. The third-order valence-electron chi connectivity index (χ3n) is 5.64. The molecule has 33 heavy (non-hydrogen) atoms. The van der Waals surface area contributed by atoms with Gasteiger partial charge in [-0.1, -0.05) is 48.0 Å². The number of ether oxygens (including phenoxy) is 1. The van der Waals surface area contributed by atoms with Gasteiger partial charge in [-0.15, -0.1) is 0 Å². The minimum atomic E-state index is -0.421. The molecule has 0 saturated carbocycles. The second kappa shape index (κ2) is 10.5. The summed E-state index contributed by atoms with van der Waals surface area (Å²) in [6.45, 7) is 0.866. The first-order valence-electron chi connectivity index (χ1n) is 10.8. The van der Waals surface area contributed by atoms with Gasteiger partial charge in [-0.25, -0.2) is 4.39 Å². The highest BCUT2D eigenvalue weighted by Crippen LogP contribution is 2.28. The van der Waals surface area contributed by atoms with E-state index in [9.17, 15) is 14.0 Å². The zero-order chi connectivity index (χ0) is 23.2. The van der Waals surface area contributed by atoms with E-state index in [1.807, 2.05) is 30.3 Å². The van der Waals surface area contributed by atoms with Gasteiger partial charge in [-0.3, -0.25) is 9.59 Å². The van der Waals surface area contributed by atoms with Crippen LogP contribution in [0.1, 0.15) is 17.5 Å². The zero-order valence-corrected chi connectivity index (χ0v) is 18.7. The molecule has 1 heterocycles. The summed E-state index contributed by atoms with van der Waals surface area (Å²) >= 11 is 6.03. The molecule has 2 amide bonds. The number of anilines is 1. The third-order valence-corrected chi connectivity index (χ3v) is 6.00. The second-order valence-corrected chi connectivity index (χ2v) is 8.32. The lowest BCUT2D eigenvalue weighted by molar-refractivity contribution is -0.126. The van der Waals surface area contributed by atoms with E-state index in [2.05, 4.69) is 5.32 Å². The molecule has 0 spiro atoms. The molecule has 1 fully saturated rings. The van der Waals surface area contributed by atoms with E-state index in [0.717, 1.165) is 12.0 Å². The number of hydrogen-bond donors (Lipinski definition) is 1. The van der Waals surface area contributed by atoms with Crippen LogP contribution in [0.25, 0.3) is 0 Å². The van der Waals surface area contributed by atoms with E-state index < -0.39 is 5.82 Å². The lowest BCUT2D eigenvalue weighted by atomic mass is 10.1. The van der Waals surface area contributed by atoms with Gasteiger partial charge in [0.25, 0.3) is 0 Å². The molecule has 3 aromatic carbocycles. The van der Waals surface area contributed by atoms with Crippen LogP contribution >= 0.6 is 11.6 Å². The number of halogens is 2. The Hall–Kier alpha value is -3.38. The Morgan fingerprint density at radius 3 is 2.55 bits per heavy atom. The SMILES string of the molecule is O=C(NCCc1ccccc1)C1CC(=O)N(c2ccc(OCc3c(F)cccc3Cl)cc2)C1. The van der Waals surface area contributed by atoms with Crippen molar-refractivity contribution in [2.24, 2.45) is 5.92 Å². The van der Waals surface area contributed by atoms with Crippen molar-refractivity contribution in [3.63, 3.8) is 0 Å². The fourth-order valence-corrected chi connectivity index (χ4v) is 4.02. The number of nitrogens with one attached hydrogen (secondary N) is 1. The summed E-state index contributed by atoms with van der Waals surface area (Å²) in [6, 6.07) is 21.4.